The van der Waals surface area contributed by atoms with Crippen molar-refractivity contribution >= 4 is 32.6 Å². The van der Waals surface area contributed by atoms with Gasteiger partial charge in [0.25, 0.3) is 10.0 Å². The summed E-state index contributed by atoms with van der Waals surface area (Å²) in [7, 11) is -3.64. The Morgan fingerprint density at radius 1 is 1.45 bits per heavy atom. The van der Waals surface area contributed by atoms with Crippen molar-refractivity contribution in [2.75, 3.05) is 0 Å². The maximum atomic E-state index is 10.7. The summed E-state index contributed by atoms with van der Waals surface area (Å²) < 4.78 is 22.0. The first-order valence-electron chi connectivity index (χ1n) is 2.65. The van der Waals surface area contributed by atoms with Crippen LogP contribution in [0.15, 0.2) is 23.2 Å². The number of nitrogens with two attached hydrogens (primary N) is 1. The van der Waals surface area contributed by atoms with Gasteiger partial charge in [0.15, 0.2) is 5.03 Å². The Morgan fingerprint density at radius 3 is 2.45 bits per heavy atom. The molecule has 0 radical (unpaired) electrons. The van der Waals surface area contributed by atoms with Crippen molar-refractivity contribution in [3.8, 4) is 0 Å². The van der Waals surface area contributed by atoms with Gasteiger partial charge in [-0.3, -0.25) is 0 Å². The molecule has 0 amide bonds. The van der Waals surface area contributed by atoms with E-state index in [4.69, 9.17) is 5.14 Å². The molecule has 6 heteroatoms. The number of rotatable bonds is 1. The molecule has 0 aliphatic carbocycles. The Labute approximate surface area is 78.0 Å². The van der Waals surface area contributed by atoms with Gasteiger partial charge in [-0.1, -0.05) is 6.07 Å². The second-order valence-electron chi connectivity index (χ2n) is 1.84. The highest BCUT2D eigenvalue weighted by Gasteiger charge is 2.07. The standard InChI is InChI=1S/C5H5IN2O2S/c6-4-2-1-3-5(8-4)11(7,9)10/h1-3H,(H2,7,9,10). The van der Waals surface area contributed by atoms with Crippen molar-refractivity contribution < 1.29 is 8.42 Å². The van der Waals surface area contributed by atoms with Crippen LogP contribution in [0, 0.1) is 3.70 Å². The Hall–Kier alpha value is -0.210. The third-order valence-corrected chi connectivity index (χ3v) is 2.39. The molecule has 4 nitrogen and oxygen atoms in total. The van der Waals surface area contributed by atoms with E-state index in [1.807, 2.05) is 22.6 Å². The lowest BCUT2D eigenvalue weighted by molar-refractivity contribution is 0.594. The van der Waals surface area contributed by atoms with E-state index in [9.17, 15) is 8.42 Å². The maximum Gasteiger partial charge on any atom is 0.255 e. The first-order chi connectivity index (χ1) is 5.00. The van der Waals surface area contributed by atoms with E-state index in [2.05, 4.69) is 4.98 Å². The lowest BCUT2D eigenvalue weighted by Gasteiger charge is -1.95. The molecule has 1 rings (SSSR count). The van der Waals surface area contributed by atoms with Crippen molar-refractivity contribution in [2.45, 2.75) is 5.03 Å². The first-order valence-corrected chi connectivity index (χ1v) is 5.28. The molecular formula is C5H5IN2O2S. The van der Waals surface area contributed by atoms with E-state index in [0.717, 1.165) is 0 Å². The van der Waals surface area contributed by atoms with E-state index < -0.39 is 10.0 Å². The molecule has 0 aromatic carbocycles. The number of pyridine rings is 1. The molecule has 0 fully saturated rings. The number of aromatic nitrogens is 1. The van der Waals surface area contributed by atoms with Crippen LogP contribution in [0.1, 0.15) is 0 Å². The van der Waals surface area contributed by atoms with E-state index in [1.165, 1.54) is 6.07 Å². The van der Waals surface area contributed by atoms with Crippen LogP contribution in [0.5, 0.6) is 0 Å². The molecular weight excluding hydrogens is 279 g/mol. The van der Waals surface area contributed by atoms with Gasteiger partial charge in [0.1, 0.15) is 3.70 Å². The summed E-state index contributed by atoms with van der Waals surface area (Å²) in [6.45, 7) is 0. The number of hydrogen-bond acceptors (Lipinski definition) is 3. The quantitative estimate of drug-likeness (QED) is 0.596. The predicted octanol–water partition coefficient (Wildman–Crippen LogP) is 0.334. The summed E-state index contributed by atoms with van der Waals surface area (Å²) in [5, 5.41) is 4.74. The third kappa shape index (κ3) is 2.38. The second-order valence-corrected chi connectivity index (χ2v) is 4.46. The number of hydrogen-bond donors (Lipinski definition) is 1. The van der Waals surface area contributed by atoms with Crippen LogP contribution >= 0.6 is 22.6 Å². The normalized spacial score (nSPS) is 11.5. The summed E-state index contributed by atoms with van der Waals surface area (Å²) in [5.74, 6) is 0. The Bertz CT molecular complexity index is 363. The number of primary sulfonamides is 1. The monoisotopic (exact) mass is 284 g/mol. The first kappa shape index (κ1) is 8.88. The van der Waals surface area contributed by atoms with Gasteiger partial charge < -0.3 is 0 Å². The molecule has 0 aliphatic heterocycles. The Kier molecular flexibility index (Phi) is 2.45. The molecule has 0 spiro atoms. The lowest BCUT2D eigenvalue weighted by Crippen LogP contribution is -2.14. The minimum atomic E-state index is -3.64. The number of halogens is 1. The average Bonchev–Trinajstić information content (AvgIpc) is 1.86. The van der Waals surface area contributed by atoms with Gasteiger partial charge in [-0.2, -0.15) is 0 Å². The molecule has 60 valence electrons. The zero-order valence-electron chi connectivity index (χ0n) is 5.36. The fourth-order valence-corrected chi connectivity index (χ4v) is 1.67. The van der Waals surface area contributed by atoms with E-state index >= 15 is 0 Å². The highest BCUT2D eigenvalue weighted by atomic mass is 127. The Morgan fingerprint density at radius 2 is 2.09 bits per heavy atom. The fraction of sp³-hybridized carbons (Fsp3) is 0. The minimum absolute atomic E-state index is 0.0931. The SMILES string of the molecule is NS(=O)(=O)c1cccc(I)n1. The van der Waals surface area contributed by atoms with Crippen molar-refractivity contribution in [2.24, 2.45) is 5.14 Å². The molecule has 0 aliphatic rings. The van der Waals surface area contributed by atoms with Gasteiger partial charge in [0.2, 0.25) is 0 Å². The van der Waals surface area contributed by atoms with Gasteiger partial charge in [0, 0.05) is 0 Å². The number of sulfonamides is 1. The van der Waals surface area contributed by atoms with Crippen molar-refractivity contribution in [3.05, 3.63) is 21.9 Å². The van der Waals surface area contributed by atoms with Crippen LogP contribution in [0.3, 0.4) is 0 Å². The summed E-state index contributed by atoms with van der Waals surface area (Å²) in [6.07, 6.45) is 0. The topological polar surface area (TPSA) is 73.1 Å². The summed E-state index contributed by atoms with van der Waals surface area (Å²) in [5.41, 5.74) is 0. The molecule has 1 heterocycles. The minimum Gasteiger partial charge on any atom is -0.229 e. The van der Waals surface area contributed by atoms with Gasteiger partial charge >= 0.3 is 0 Å². The molecule has 1 aromatic heterocycles. The van der Waals surface area contributed by atoms with Crippen LogP contribution < -0.4 is 5.14 Å². The fourth-order valence-electron chi connectivity index (χ4n) is 0.548. The molecule has 0 saturated heterocycles. The zero-order chi connectivity index (χ0) is 8.48. The van der Waals surface area contributed by atoms with Crippen molar-refractivity contribution in [3.63, 3.8) is 0 Å². The Balaban J connectivity index is 3.28. The number of nitrogens with zero attached hydrogens (tertiary/aromatic N) is 1. The van der Waals surface area contributed by atoms with Crippen LogP contribution in [-0.2, 0) is 10.0 Å². The molecule has 0 atom stereocenters. The molecule has 11 heavy (non-hydrogen) atoms. The molecule has 1 aromatic rings. The summed E-state index contributed by atoms with van der Waals surface area (Å²) >= 11 is 1.91. The zero-order valence-corrected chi connectivity index (χ0v) is 8.33. The molecule has 0 unspecified atom stereocenters. The summed E-state index contributed by atoms with van der Waals surface area (Å²) in [4.78, 5) is 3.72. The van der Waals surface area contributed by atoms with E-state index in [0.29, 0.717) is 3.70 Å². The molecule has 2 N–H and O–H groups in total. The van der Waals surface area contributed by atoms with E-state index in [1.54, 1.807) is 12.1 Å². The molecule has 0 bridgehead atoms. The second kappa shape index (κ2) is 3.03. The molecule has 0 saturated carbocycles. The van der Waals surface area contributed by atoms with Gasteiger partial charge in [-0.25, -0.2) is 18.5 Å². The van der Waals surface area contributed by atoms with Crippen LogP contribution in [0.2, 0.25) is 0 Å². The summed E-state index contributed by atoms with van der Waals surface area (Å²) in [6, 6.07) is 4.64. The smallest absolute Gasteiger partial charge is 0.229 e. The van der Waals surface area contributed by atoms with Crippen molar-refractivity contribution in [1.82, 2.24) is 4.98 Å². The van der Waals surface area contributed by atoms with Crippen molar-refractivity contribution in [1.29, 1.82) is 0 Å². The predicted molar refractivity (Wildman–Crippen MR) is 48.3 cm³/mol. The maximum absolute atomic E-state index is 10.7. The van der Waals surface area contributed by atoms with Gasteiger partial charge in [0.05, 0.1) is 0 Å². The largest absolute Gasteiger partial charge is 0.255 e. The highest BCUT2D eigenvalue weighted by Crippen LogP contribution is 2.05. The van der Waals surface area contributed by atoms with Crippen LogP contribution in [-0.4, -0.2) is 13.4 Å². The highest BCUT2D eigenvalue weighted by molar-refractivity contribution is 14.1. The van der Waals surface area contributed by atoms with E-state index in [-0.39, 0.29) is 5.03 Å². The third-order valence-electron chi connectivity index (χ3n) is 0.981. The lowest BCUT2D eigenvalue weighted by atomic mass is 10.5. The van der Waals surface area contributed by atoms with Gasteiger partial charge in [-0.05, 0) is 34.7 Å². The van der Waals surface area contributed by atoms with Gasteiger partial charge in [-0.15, -0.1) is 0 Å². The van der Waals surface area contributed by atoms with Crippen LogP contribution in [0.4, 0.5) is 0 Å². The average molecular weight is 284 g/mol. The van der Waals surface area contributed by atoms with Crippen LogP contribution in [0.25, 0.3) is 0 Å².